The van der Waals surface area contributed by atoms with E-state index in [0.29, 0.717) is 5.69 Å². The van der Waals surface area contributed by atoms with Crippen LogP contribution >= 0.6 is 22.6 Å². The van der Waals surface area contributed by atoms with Gasteiger partial charge in [0.15, 0.2) is 11.6 Å². The molecule has 0 atom stereocenters. The van der Waals surface area contributed by atoms with Gasteiger partial charge in [-0.2, -0.15) is 5.26 Å². The molecule has 0 aliphatic rings. The molecule has 2 rings (SSSR count). The highest BCUT2D eigenvalue weighted by molar-refractivity contribution is 14.1. The van der Waals surface area contributed by atoms with Crippen molar-refractivity contribution < 1.29 is 8.78 Å². The normalized spacial score (nSPS) is 9.89. The van der Waals surface area contributed by atoms with Gasteiger partial charge in [0.2, 0.25) is 0 Å². The van der Waals surface area contributed by atoms with E-state index in [1.165, 1.54) is 12.1 Å². The van der Waals surface area contributed by atoms with Gasteiger partial charge >= 0.3 is 0 Å². The lowest BCUT2D eigenvalue weighted by Gasteiger charge is -2.08. The second kappa shape index (κ2) is 5.31. The van der Waals surface area contributed by atoms with Crippen molar-refractivity contribution >= 4 is 34.0 Å². The number of benzene rings is 2. The third kappa shape index (κ3) is 2.59. The van der Waals surface area contributed by atoms with E-state index in [1.807, 2.05) is 12.1 Å². The Bertz CT molecular complexity index is 635. The average molecular weight is 356 g/mol. The minimum absolute atomic E-state index is 0.00787. The van der Waals surface area contributed by atoms with Crippen molar-refractivity contribution in [1.82, 2.24) is 0 Å². The molecule has 2 nitrogen and oxygen atoms in total. The number of nitriles is 1. The van der Waals surface area contributed by atoms with Gasteiger partial charge in [-0.3, -0.25) is 0 Å². The highest BCUT2D eigenvalue weighted by Gasteiger charge is 2.13. The number of rotatable bonds is 2. The number of hydrogen-bond acceptors (Lipinski definition) is 2. The zero-order chi connectivity index (χ0) is 13.1. The van der Waals surface area contributed by atoms with E-state index in [-0.39, 0.29) is 11.3 Å². The lowest BCUT2D eigenvalue weighted by Crippen LogP contribution is -1.98. The van der Waals surface area contributed by atoms with Crippen molar-refractivity contribution in [2.45, 2.75) is 0 Å². The summed E-state index contributed by atoms with van der Waals surface area (Å²) in [6, 6.07) is 11.4. The summed E-state index contributed by atoms with van der Waals surface area (Å²) < 4.78 is 28.0. The quantitative estimate of drug-likeness (QED) is 0.820. The summed E-state index contributed by atoms with van der Waals surface area (Å²) >= 11 is 2.12. The van der Waals surface area contributed by atoms with Crippen LogP contribution in [0.3, 0.4) is 0 Å². The number of nitrogens with one attached hydrogen (secondary N) is 1. The number of nitrogens with zero attached hydrogens (tertiary/aromatic N) is 1. The van der Waals surface area contributed by atoms with E-state index in [1.54, 1.807) is 18.2 Å². The van der Waals surface area contributed by atoms with Gasteiger partial charge in [-0.05, 0) is 52.9 Å². The topological polar surface area (TPSA) is 35.8 Å². The predicted octanol–water partition coefficient (Wildman–Crippen LogP) is 4.18. The van der Waals surface area contributed by atoms with Crippen LogP contribution in [0.2, 0.25) is 0 Å². The van der Waals surface area contributed by atoms with E-state index in [4.69, 9.17) is 5.26 Å². The molecule has 2 aromatic rings. The second-order valence-electron chi connectivity index (χ2n) is 3.54. The van der Waals surface area contributed by atoms with Gasteiger partial charge in [-0.25, -0.2) is 8.78 Å². The summed E-state index contributed by atoms with van der Waals surface area (Å²) in [6.45, 7) is 0. The van der Waals surface area contributed by atoms with Crippen LogP contribution in [0.4, 0.5) is 20.2 Å². The molecular formula is C13H7F2IN2. The van der Waals surface area contributed by atoms with Gasteiger partial charge in [-0.15, -0.1) is 0 Å². The molecule has 0 saturated heterocycles. The SMILES string of the molecule is N#Cc1ccc(Nc2cccc(I)c2)c(F)c1F. The Labute approximate surface area is 116 Å². The molecule has 2 aromatic carbocycles. The van der Waals surface area contributed by atoms with Crippen LogP contribution in [0, 0.1) is 26.5 Å². The maximum Gasteiger partial charge on any atom is 0.183 e. The summed E-state index contributed by atoms with van der Waals surface area (Å²) in [4.78, 5) is 0. The largest absolute Gasteiger partial charge is 0.353 e. The molecule has 0 aliphatic heterocycles. The zero-order valence-electron chi connectivity index (χ0n) is 9.05. The minimum atomic E-state index is -1.13. The van der Waals surface area contributed by atoms with Crippen LogP contribution < -0.4 is 5.32 Å². The first-order chi connectivity index (χ1) is 8.61. The maximum atomic E-state index is 13.6. The van der Waals surface area contributed by atoms with Crippen molar-refractivity contribution in [2.24, 2.45) is 0 Å². The lowest BCUT2D eigenvalue weighted by atomic mass is 10.2. The zero-order valence-corrected chi connectivity index (χ0v) is 11.2. The summed E-state index contributed by atoms with van der Waals surface area (Å²) in [5.74, 6) is -2.18. The molecule has 0 heterocycles. The smallest absolute Gasteiger partial charge is 0.183 e. The molecule has 0 bridgehead atoms. The van der Waals surface area contributed by atoms with E-state index < -0.39 is 11.6 Å². The first-order valence-corrected chi connectivity index (χ1v) is 6.10. The van der Waals surface area contributed by atoms with Gasteiger partial charge < -0.3 is 5.32 Å². The summed E-state index contributed by atoms with van der Waals surface area (Å²) in [5, 5.41) is 11.4. The molecule has 0 aromatic heterocycles. The minimum Gasteiger partial charge on any atom is -0.353 e. The fraction of sp³-hybridized carbons (Fsp3) is 0. The van der Waals surface area contributed by atoms with Gasteiger partial charge in [0.1, 0.15) is 6.07 Å². The van der Waals surface area contributed by atoms with Crippen LogP contribution in [0.15, 0.2) is 36.4 Å². The maximum absolute atomic E-state index is 13.6. The fourth-order valence-electron chi connectivity index (χ4n) is 1.45. The lowest BCUT2D eigenvalue weighted by molar-refractivity contribution is 0.509. The third-order valence-electron chi connectivity index (χ3n) is 2.31. The molecule has 0 aliphatic carbocycles. The molecule has 0 spiro atoms. The van der Waals surface area contributed by atoms with Crippen molar-refractivity contribution in [1.29, 1.82) is 5.26 Å². The average Bonchev–Trinajstić information content (AvgIpc) is 2.35. The summed E-state index contributed by atoms with van der Waals surface area (Å²) in [5.41, 5.74) is 0.360. The first-order valence-electron chi connectivity index (χ1n) is 5.02. The van der Waals surface area contributed by atoms with Crippen LogP contribution in [0.1, 0.15) is 5.56 Å². The Balaban J connectivity index is 2.36. The highest BCUT2D eigenvalue weighted by Crippen LogP contribution is 2.24. The predicted molar refractivity (Wildman–Crippen MR) is 73.5 cm³/mol. The Kier molecular flexibility index (Phi) is 3.77. The van der Waals surface area contributed by atoms with Crippen molar-refractivity contribution in [3.63, 3.8) is 0 Å². The summed E-state index contributed by atoms with van der Waals surface area (Å²) in [7, 11) is 0. The number of hydrogen-bond donors (Lipinski definition) is 1. The molecule has 0 saturated carbocycles. The van der Waals surface area contributed by atoms with E-state index in [0.717, 1.165) is 3.57 Å². The molecule has 18 heavy (non-hydrogen) atoms. The van der Waals surface area contributed by atoms with E-state index >= 15 is 0 Å². The molecule has 1 N–H and O–H groups in total. The number of anilines is 2. The van der Waals surface area contributed by atoms with Crippen molar-refractivity contribution in [2.75, 3.05) is 5.32 Å². The van der Waals surface area contributed by atoms with E-state index in [2.05, 4.69) is 27.9 Å². The molecule has 0 amide bonds. The van der Waals surface area contributed by atoms with E-state index in [9.17, 15) is 8.78 Å². The highest BCUT2D eigenvalue weighted by atomic mass is 127. The molecule has 0 fully saturated rings. The van der Waals surface area contributed by atoms with Crippen molar-refractivity contribution in [3.05, 3.63) is 57.2 Å². The molecule has 5 heteroatoms. The Hall–Kier alpha value is -1.68. The van der Waals surface area contributed by atoms with Crippen LogP contribution in [0.5, 0.6) is 0 Å². The van der Waals surface area contributed by atoms with Crippen LogP contribution in [-0.4, -0.2) is 0 Å². The Morgan fingerprint density at radius 2 is 1.89 bits per heavy atom. The molecule has 0 unspecified atom stereocenters. The van der Waals surface area contributed by atoms with Gasteiger partial charge in [0.05, 0.1) is 11.3 Å². The Morgan fingerprint density at radius 1 is 1.11 bits per heavy atom. The Morgan fingerprint density at radius 3 is 2.56 bits per heavy atom. The molecule has 0 radical (unpaired) electrons. The van der Waals surface area contributed by atoms with Gasteiger partial charge in [0.25, 0.3) is 0 Å². The fourth-order valence-corrected chi connectivity index (χ4v) is 2.00. The summed E-state index contributed by atoms with van der Waals surface area (Å²) in [6.07, 6.45) is 0. The standard InChI is InChI=1S/C13H7F2IN2/c14-12-8(7-17)4-5-11(13(12)15)18-10-3-1-2-9(16)6-10/h1-6,18H. The third-order valence-corrected chi connectivity index (χ3v) is 2.98. The monoisotopic (exact) mass is 356 g/mol. The van der Waals surface area contributed by atoms with Crippen LogP contribution in [-0.2, 0) is 0 Å². The number of halogens is 3. The first kappa shape index (κ1) is 12.8. The van der Waals surface area contributed by atoms with Gasteiger partial charge in [0, 0.05) is 9.26 Å². The van der Waals surface area contributed by atoms with Crippen LogP contribution in [0.25, 0.3) is 0 Å². The van der Waals surface area contributed by atoms with Gasteiger partial charge in [-0.1, -0.05) is 6.07 Å². The second-order valence-corrected chi connectivity index (χ2v) is 4.78. The van der Waals surface area contributed by atoms with Crippen molar-refractivity contribution in [3.8, 4) is 6.07 Å². The molecule has 90 valence electrons. The molecular weight excluding hydrogens is 349 g/mol.